The quantitative estimate of drug-likeness (QED) is 0.634. The summed E-state index contributed by atoms with van der Waals surface area (Å²) < 4.78 is 33.0. The molecule has 2 aromatic carbocycles. The van der Waals surface area contributed by atoms with Crippen molar-refractivity contribution in [2.45, 2.75) is 31.8 Å². The molecule has 28 heavy (non-hydrogen) atoms. The Morgan fingerprint density at radius 1 is 1.07 bits per heavy atom. The minimum atomic E-state index is -3.86. The second-order valence-electron chi connectivity index (χ2n) is 6.58. The molecule has 9 heteroatoms. The highest BCUT2D eigenvalue weighted by Crippen LogP contribution is 2.31. The van der Waals surface area contributed by atoms with Crippen LogP contribution in [-0.2, 0) is 14.8 Å². The van der Waals surface area contributed by atoms with E-state index in [1.807, 2.05) is 13.8 Å². The maximum Gasteiger partial charge on any atom is 0.261 e. The number of amides is 1. The Labute approximate surface area is 175 Å². The molecular weight excluding hydrogens is 423 g/mol. The van der Waals surface area contributed by atoms with Crippen LogP contribution in [-0.4, -0.2) is 27.0 Å². The highest BCUT2D eigenvalue weighted by molar-refractivity contribution is 7.92. The fraction of sp³-hybridized carbons (Fsp3) is 0.316. The van der Waals surface area contributed by atoms with Crippen LogP contribution in [0.2, 0.25) is 10.0 Å². The second-order valence-corrected chi connectivity index (χ2v) is 9.04. The summed E-state index contributed by atoms with van der Waals surface area (Å²) in [5.41, 5.74) is 0.185. The molecule has 0 spiro atoms. The third kappa shape index (κ3) is 6.02. The van der Waals surface area contributed by atoms with E-state index in [2.05, 4.69) is 10.0 Å². The van der Waals surface area contributed by atoms with Gasteiger partial charge in [0.2, 0.25) is 0 Å². The van der Waals surface area contributed by atoms with E-state index in [4.69, 9.17) is 27.9 Å². The monoisotopic (exact) mass is 444 g/mol. The van der Waals surface area contributed by atoms with E-state index in [0.29, 0.717) is 18.2 Å². The molecule has 152 valence electrons. The smallest absolute Gasteiger partial charge is 0.261 e. The first kappa shape index (κ1) is 22.3. The van der Waals surface area contributed by atoms with Crippen LogP contribution in [0.4, 0.5) is 5.69 Å². The van der Waals surface area contributed by atoms with Gasteiger partial charge < -0.3 is 10.1 Å². The van der Waals surface area contributed by atoms with Crippen LogP contribution in [0.3, 0.4) is 0 Å². The van der Waals surface area contributed by atoms with Gasteiger partial charge in [-0.2, -0.15) is 0 Å². The first-order chi connectivity index (χ1) is 13.1. The molecule has 0 aliphatic heterocycles. The molecule has 0 fully saturated rings. The van der Waals surface area contributed by atoms with Gasteiger partial charge in [-0.15, -0.1) is 0 Å². The molecule has 2 aromatic rings. The number of sulfonamides is 1. The Kier molecular flexibility index (Phi) is 7.57. The molecule has 1 amide bonds. The minimum Gasteiger partial charge on any atom is -0.481 e. The van der Waals surface area contributed by atoms with Gasteiger partial charge in [-0.3, -0.25) is 9.52 Å². The number of hydrogen-bond acceptors (Lipinski definition) is 4. The molecule has 0 saturated carbocycles. The first-order valence-corrected chi connectivity index (χ1v) is 10.9. The second kappa shape index (κ2) is 9.49. The number of nitrogens with one attached hydrogen (secondary N) is 2. The number of carbonyl (C=O) groups excluding carboxylic acids is 1. The summed E-state index contributed by atoms with van der Waals surface area (Å²) in [6, 6.07) is 10.4. The Morgan fingerprint density at radius 3 is 2.32 bits per heavy atom. The molecule has 0 aliphatic rings. The van der Waals surface area contributed by atoms with E-state index < -0.39 is 16.1 Å². The van der Waals surface area contributed by atoms with Gasteiger partial charge in [-0.05, 0) is 49.2 Å². The van der Waals surface area contributed by atoms with Gasteiger partial charge in [0.15, 0.2) is 6.10 Å². The van der Waals surface area contributed by atoms with Gasteiger partial charge in [0.25, 0.3) is 15.9 Å². The average Bonchev–Trinajstić information content (AvgIpc) is 2.63. The van der Waals surface area contributed by atoms with Gasteiger partial charge in [0.1, 0.15) is 5.75 Å². The summed E-state index contributed by atoms with van der Waals surface area (Å²) in [7, 11) is -3.86. The van der Waals surface area contributed by atoms with Crippen LogP contribution in [0.5, 0.6) is 5.75 Å². The zero-order valence-corrected chi connectivity index (χ0v) is 18.0. The van der Waals surface area contributed by atoms with Crippen molar-refractivity contribution in [3.8, 4) is 5.75 Å². The van der Waals surface area contributed by atoms with E-state index in [1.54, 1.807) is 19.1 Å². The molecule has 2 N–H and O–H groups in total. The summed E-state index contributed by atoms with van der Waals surface area (Å²) >= 11 is 11.9. The fourth-order valence-electron chi connectivity index (χ4n) is 2.19. The van der Waals surface area contributed by atoms with Crippen molar-refractivity contribution < 1.29 is 17.9 Å². The molecule has 0 aliphatic carbocycles. The Bertz CT molecular complexity index is 931. The standard InChI is InChI=1S/C19H22Cl2N2O4S/c1-12(2)11-22-19(24)13(3)27-14-7-9-15(10-8-14)28(25,26)23-17-6-4-5-16(20)18(17)21/h4-10,12-13,23H,11H2,1-3H3,(H,22,24)/t13-/m1/s1. The molecular formula is C19H22Cl2N2O4S. The maximum atomic E-state index is 12.5. The number of benzene rings is 2. The number of ether oxygens (including phenoxy) is 1. The average molecular weight is 445 g/mol. The molecule has 0 radical (unpaired) electrons. The molecule has 6 nitrogen and oxygen atoms in total. The van der Waals surface area contributed by atoms with Crippen LogP contribution < -0.4 is 14.8 Å². The molecule has 0 bridgehead atoms. The highest BCUT2D eigenvalue weighted by Gasteiger charge is 2.18. The van der Waals surface area contributed by atoms with Crippen molar-refractivity contribution in [2.75, 3.05) is 11.3 Å². The first-order valence-electron chi connectivity index (χ1n) is 8.61. The fourth-order valence-corrected chi connectivity index (χ4v) is 3.67. The van der Waals surface area contributed by atoms with Crippen LogP contribution in [0.15, 0.2) is 47.4 Å². The van der Waals surface area contributed by atoms with E-state index in [0.717, 1.165) is 0 Å². The summed E-state index contributed by atoms with van der Waals surface area (Å²) in [5, 5.41) is 3.15. The predicted octanol–water partition coefficient (Wildman–Crippen LogP) is 4.33. The summed E-state index contributed by atoms with van der Waals surface area (Å²) in [6.45, 7) is 6.18. The summed E-state index contributed by atoms with van der Waals surface area (Å²) in [4.78, 5) is 12.0. The zero-order chi connectivity index (χ0) is 20.9. The van der Waals surface area contributed by atoms with Crippen LogP contribution in [0, 0.1) is 5.92 Å². The van der Waals surface area contributed by atoms with Crippen LogP contribution >= 0.6 is 23.2 Å². The maximum absolute atomic E-state index is 12.5. The van der Waals surface area contributed by atoms with Gasteiger partial charge in [-0.25, -0.2) is 8.42 Å². The van der Waals surface area contributed by atoms with Gasteiger partial charge in [0, 0.05) is 6.54 Å². The molecule has 0 unspecified atom stereocenters. The lowest BCUT2D eigenvalue weighted by molar-refractivity contribution is -0.127. The SMILES string of the molecule is CC(C)CNC(=O)[C@@H](C)Oc1ccc(S(=O)(=O)Nc2cccc(Cl)c2Cl)cc1. The number of rotatable bonds is 8. The third-order valence-corrected chi connectivity index (χ3v) is 5.90. The van der Waals surface area contributed by atoms with Crippen LogP contribution in [0.1, 0.15) is 20.8 Å². The minimum absolute atomic E-state index is 0.0211. The molecule has 0 heterocycles. The van der Waals surface area contributed by atoms with E-state index >= 15 is 0 Å². The Morgan fingerprint density at radius 2 is 1.71 bits per heavy atom. The molecule has 1 atom stereocenters. The zero-order valence-electron chi connectivity index (χ0n) is 15.7. The van der Waals surface area contributed by atoms with Crippen molar-refractivity contribution in [1.82, 2.24) is 5.32 Å². The summed E-state index contributed by atoms with van der Waals surface area (Å²) in [5.74, 6) is 0.482. The van der Waals surface area contributed by atoms with E-state index in [-0.39, 0.29) is 26.5 Å². The van der Waals surface area contributed by atoms with E-state index in [9.17, 15) is 13.2 Å². The molecule has 2 rings (SSSR count). The third-order valence-electron chi connectivity index (χ3n) is 3.70. The van der Waals surface area contributed by atoms with E-state index in [1.165, 1.54) is 30.3 Å². The van der Waals surface area contributed by atoms with Crippen molar-refractivity contribution in [1.29, 1.82) is 0 Å². The Hall–Kier alpha value is -1.96. The largest absolute Gasteiger partial charge is 0.481 e. The molecule has 0 saturated heterocycles. The lowest BCUT2D eigenvalue weighted by Gasteiger charge is -2.16. The van der Waals surface area contributed by atoms with Crippen molar-refractivity contribution in [3.05, 3.63) is 52.5 Å². The summed E-state index contributed by atoms with van der Waals surface area (Å²) in [6.07, 6.45) is -0.704. The van der Waals surface area contributed by atoms with Gasteiger partial charge in [-0.1, -0.05) is 43.1 Å². The lowest BCUT2D eigenvalue weighted by atomic mass is 10.2. The number of hydrogen-bond donors (Lipinski definition) is 2. The van der Waals surface area contributed by atoms with Crippen LogP contribution in [0.25, 0.3) is 0 Å². The topological polar surface area (TPSA) is 84.5 Å². The van der Waals surface area contributed by atoms with Crippen molar-refractivity contribution in [2.24, 2.45) is 5.92 Å². The molecule has 0 aromatic heterocycles. The number of halogens is 2. The predicted molar refractivity (Wildman–Crippen MR) is 112 cm³/mol. The Balaban J connectivity index is 2.06. The number of carbonyl (C=O) groups is 1. The van der Waals surface area contributed by atoms with Gasteiger partial charge in [0.05, 0.1) is 20.6 Å². The lowest BCUT2D eigenvalue weighted by Crippen LogP contribution is -2.38. The highest BCUT2D eigenvalue weighted by atomic mass is 35.5. The van der Waals surface area contributed by atoms with Gasteiger partial charge >= 0.3 is 0 Å². The normalized spacial score (nSPS) is 12.5. The van der Waals surface area contributed by atoms with Crippen molar-refractivity contribution >= 4 is 44.8 Å². The van der Waals surface area contributed by atoms with Crippen molar-refractivity contribution in [3.63, 3.8) is 0 Å². The number of anilines is 1.